The summed E-state index contributed by atoms with van der Waals surface area (Å²) >= 11 is 0. The van der Waals surface area contributed by atoms with Gasteiger partial charge in [-0.2, -0.15) is 13.2 Å². The summed E-state index contributed by atoms with van der Waals surface area (Å²) in [6.45, 7) is 1.18. The number of nitrogens with one attached hydrogen (secondary N) is 1. The highest BCUT2D eigenvalue weighted by Crippen LogP contribution is 2.36. The number of benzene rings is 2. The Bertz CT molecular complexity index is 790. The number of amides is 1. The van der Waals surface area contributed by atoms with Gasteiger partial charge in [-0.3, -0.25) is 4.79 Å². The summed E-state index contributed by atoms with van der Waals surface area (Å²) < 4.78 is 54.1. The molecule has 8 heteroatoms. The fourth-order valence-electron chi connectivity index (χ4n) is 2.27. The van der Waals surface area contributed by atoms with E-state index in [1.54, 1.807) is 19.1 Å². The molecular weight excluding hydrogens is 351 g/mol. The predicted molar refractivity (Wildman–Crippen MR) is 89.9 cm³/mol. The summed E-state index contributed by atoms with van der Waals surface area (Å²) in [6, 6.07) is 7.96. The second-order valence-corrected chi connectivity index (χ2v) is 5.35. The van der Waals surface area contributed by atoms with Crippen molar-refractivity contribution < 1.29 is 32.2 Å². The Morgan fingerprint density at radius 2 is 1.65 bits per heavy atom. The number of rotatable bonds is 6. The maximum atomic E-state index is 12.9. The number of para-hydroxylation sites is 1. The van der Waals surface area contributed by atoms with E-state index in [1.165, 1.54) is 26.4 Å². The molecule has 2 rings (SSSR count). The standard InChI is InChI=1S/C18H18F3NO4/c1-11-8-15(24-2)16(25-3)9-13(11)22-17(23)10-26-14-7-5-4-6-12(14)18(19,20)21/h4-9H,10H2,1-3H3,(H,22,23). The minimum atomic E-state index is -4.56. The van der Waals surface area contributed by atoms with E-state index in [0.717, 1.165) is 12.1 Å². The van der Waals surface area contributed by atoms with Crippen molar-refractivity contribution in [3.63, 3.8) is 0 Å². The Morgan fingerprint density at radius 1 is 1.04 bits per heavy atom. The van der Waals surface area contributed by atoms with Gasteiger partial charge in [-0.1, -0.05) is 12.1 Å². The normalized spacial score (nSPS) is 11.0. The number of methoxy groups -OCH3 is 2. The van der Waals surface area contributed by atoms with Gasteiger partial charge in [-0.15, -0.1) is 0 Å². The average molecular weight is 369 g/mol. The lowest BCUT2D eigenvalue weighted by molar-refractivity contribution is -0.139. The Morgan fingerprint density at radius 3 is 2.27 bits per heavy atom. The zero-order chi connectivity index (χ0) is 19.3. The average Bonchev–Trinajstić information content (AvgIpc) is 2.60. The van der Waals surface area contributed by atoms with Gasteiger partial charge in [0.1, 0.15) is 5.75 Å². The van der Waals surface area contributed by atoms with Gasteiger partial charge >= 0.3 is 6.18 Å². The molecule has 5 nitrogen and oxygen atoms in total. The van der Waals surface area contributed by atoms with E-state index in [9.17, 15) is 18.0 Å². The first-order chi connectivity index (χ1) is 12.3. The smallest absolute Gasteiger partial charge is 0.419 e. The third-order valence-electron chi connectivity index (χ3n) is 3.56. The lowest BCUT2D eigenvalue weighted by Gasteiger charge is -2.15. The fourth-order valence-corrected chi connectivity index (χ4v) is 2.27. The number of ether oxygens (including phenoxy) is 3. The molecule has 0 bridgehead atoms. The molecule has 2 aromatic rings. The van der Waals surface area contributed by atoms with Crippen LogP contribution in [0.25, 0.3) is 0 Å². The maximum Gasteiger partial charge on any atom is 0.419 e. The van der Waals surface area contributed by atoms with Gasteiger partial charge < -0.3 is 19.5 Å². The van der Waals surface area contributed by atoms with Crippen LogP contribution >= 0.6 is 0 Å². The summed E-state index contributed by atoms with van der Waals surface area (Å²) in [6.07, 6.45) is -4.56. The number of hydrogen-bond donors (Lipinski definition) is 1. The molecule has 0 saturated heterocycles. The predicted octanol–water partition coefficient (Wildman–Crippen LogP) is 4.05. The highest BCUT2D eigenvalue weighted by molar-refractivity contribution is 5.93. The third kappa shape index (κ3) is 4.59. The Balaban J connectivity index is 2.09. The van der Waals surface area contributed by atoms with Crippen LogP contribution in [-0.4, -0.2) is 26.7 Å². The molecule has 140 valence electrons. The summed E-state index contributed by atoms with van der Waals surface area (Å²) in [5.74, 6) is -0.0911. The van der Waals surface area contributed by atoms with Crippen LogP contribution in [-0.2, 0) is 11.0 Å². The van der Waals surface area contributed by atoms with Crippen molar-refractivity contribution in [1.29, 1.82) is 0 Å². The van der Waals surface area contributed by atoms with Crippen LogP contribution in [0.15, 0.2) is 36.4 Å². The molecule has 0 saturated carbocycles. The minimum absolute atomic E-state index is 0.404. The van der Waals surface area contributed by atoms with Crippen molar-refractivity contribution in [2.75, 3.05) is 26.1 Å². The van der Waals surface area contributed by atoms with E-state index in [2.05, 4.69) is 5.32 Å². The highest BCUT2D eigenvalue weighted by atomic mass is 19.4. The van der Waals surface area contributed by atoms with Crippen molar-refractivity contribution in [2.45, 2.75) is 13.1 Å². The van der Waals surface area contributed by atoms with Crippen molar-refractivity contribution in [3.05, 3.63) is 47.5 Å². The van der Waals surface area contributed by atoms with E-state index in [0.29, 0.717) is 22.7 Å². The van der Waals surface area contributed by atoms with Gasteiger partial charge in [0.15, 0.2) is 18.1 Å². The summed E-state index contributed by atoms with van der Waals surface area (Å²) in [5.41, 5.74) is 0.210. The van der Waals surface area contributed by atoms with E-state index in [1.807, 2.05) is 0 Å². The molecule has 0 unspecified atom stereocenters. The molecule has 0 atom stereocenters. The molecule has 0 radical (unpaired) electrons. The molecular formula is C18H18F3NO4. The molecule has 0 spiro atoms. The molecule has 0 fully saturated rings. The largest absolute Gasteiger partial charge is 0.493 e. The number of halogens is 3. The van der Waals surface area contributed by atoms with Crippen LogP contribution in [0.1, 0.15) is 11.1 Å². The number of alkyl halides is 3. The van der Waals surface area contributed by atoms with Gasteiger partial charge in [-0.05, 0) is 30.7 Å². The van der Waals surface area contributed by atoms with Crippen LogP contribution in [0.2, 0.25) is 0 Å². The van der Waals surface area contributed by atoms with Crippen LogP contribution in [0.4, 0.5) is 18.9 Å². The van der Waals surface area contributed by atoms with Gasteiger partial charge in [0, 0.05) is 11.8 Å². The number of carbonyl (C=O) groups is 1. The van der Waals surface area contributed by atoms with Crippen LogP contribution < -0.4 is 19.5 Å². The topological polar surface area (TPSA) is 56.8 Å². The Kier molecular flexibility index (Phi) is 5.97. The first-order valence-electron chi connectivity index (χ1n) is 7.57. The van der Waals surface area contributed by atoms with Gasteiger partial charge in [0.05, 0.1) is 19.8 Å². The van der Waals surface area contributed by atoms with Crippen molar-refractivity contribution >= 4 is 11.6 Å². The summed E-state index contributed by atoms with van der Waals surface area (Å²) in [7, 11) is 2.94. The Hall–Kier alpha value is -2.90. The van der Waals surface area contributed by atoms with Gasteiger partial charge in [0.2, 0.25) is 0 Å². The summed E-state index contributed by atoms with van der Waals surface area (Å²) in [4.78, 5) is 12.1. The van der Waals surface area contributed by atoms with Crippen LogP contribution in [0, 0.1) is 6.92 Å². The monoisotopic (exact) mass is 369 g/mol. The lowest BCUT2D eigenvalue weighted by atomic mass is 10.1. The first kappa shape index (κ1) is 19.4. The van der Waals surface area contributed by atoms with E-state index < -0.39 is 30.0 Å². The van der Waals surface area contributed by atoms with Gasteiger partial charge in [-0.25, -0.2) is 0 Å². The van der Waals surface area contributed by atoms with E-state index >= 15 is 0 Å². The zero-order valence-corrected chi connectivity index (χ0v) is 14.4. The third-order valence-corrected chi connectivity index (χ3v) is 3.56. The van der Waals surface area contributed by atoms with Crippen molar-refractivity contribution in [3.8, 4) is 17.2 Å². The first-order valence-corrected chi connectivity index (χ1v) is 7.57. The molecule has 0 heterocycles. The lowest BCUT2D eigenvalue weighted by Crippen LogP contribution is -2.21. The zero-order valence-electron chi connectivity index (χ0n) is 14.4. The highest BCUT2D eigenvalue weighted by Gasteiger charge is 2.34. The minimum Gasteiger partial charge on any atom is -0.493 e. The molecule has 2 aromatic carbocycles. The molecule has 0 aliphatic heterocycles. The SMILES string of the molecule is COc1cc(C)c(NC(=O)COc2ccccc2C(F)(F)F)cc1OC. The molecule has 1 N–H and O–H groups in total. The fraction of sp³-hybridized carbons (Fsp3) is 0.278. The number of carbonyl (C=O) groups excluding carboxylic acids is 1. The second kappa shape index (κ2) is 7.99. The molecule has 0 aliphatic rings. The number of aryl methyl sites for hydroxylation is 1. The quantitative estimate of drug-likeness (QED) is 0.835. The molecule has 26 heavy (non-hydrogen) atoms. The number of anilines is 1. The summed E-state index contributed by atoms with van der Waals surface area (Å²) in [5, 5.41) is 2.58. The van der Waals surface area contributed by atoms with E-state index in [4.69, 9.17) is 14.2 Å². The van der Waals surface area contributed by atoms with E-state index in [-0.39, 0.29) is 0 Å². The molecule has 1 amide bonds. The maximum absolute atomic E-state index is 12.9. The van der Waals surface area contributed by atoms with Crippen molar-refractivity contribution in [1.82, 2.24) is 0 Å². The molecule has 0 aromatic heterocycles. The van der Waals surface area contributed by atoms with Crippen LogP contribution in [0.5, 0.6) is 17.2 Å². The second-order valence-electron chi connectivity index (χ2n) is 5.35. The Labute approximate surface area is 148 Å². The van der Waals surface area contributed by atoms with Crippen LogP contribution in [0.3, 0.4) is 0 Å². The van der Waals surface area contributed by atoms with Gasteiger partial charge in [0.25, 0.3) is 5.91 Å². The number of hydrogen-bond acceptors (Lipinski definition) is 4. The molecule has 0 aliphatic carbocycles. The van der Waals surface area contributed by atoms with Crippen molar-refractivity contribution in [2.24, 2.45) is 0 Å².